The van der Waals surface area contributed by atoms with Gasteiger partial charge in [-0.15, -0.1) is 0 Å². The predicted octanol–water partition coefficient (Wildman–Crippen LogP) is 3.78. The molecule has 0 saturated carbocycles. The molecule has 3 rings (SSSR count). The Balaban J connectivity index is 1.90. The lowest BCUT2D eigenvalue weighted by Crippen LogP contribution is -2.15. The van der Waals surface area contributed by atoms with Gasteiger partial charge in [-0.3, -0.25) is 9.20 Å². The largest absolute Gasteiger partial charge is 0.321 e. The van der Waals surface area contributed by atoms with Crippen molar-refractivity contribution in [2.24, 2.45) is 0 Å². The molecule has 0 aliphatic rings. The number of carbonyl (C=O) groups is 1. The minimum Gasteiger partial charge on any atom is -0.321 e. The summed E-state index contributed by atoms with van der Waals surface area (Å²) in [4.78, 5) is 17.9. The van der Waals surface area contributed by atoms with E-state index in [1.54, 1.807) is 28.7 Å². The van der Waals surface area contributed by atoms with Crippen molar-refractivity contribution in [2.45, 2.75) is 18.7 Å². The van der Waals surface area contributed by atoms with Crippen LogP contribution in [0.1, 0.15) is 21.7 Å². The van der Waals surface area contributed by atoms with Crippen molar-refractivity contribution in [3.8, 4) is 5.40 Å². The molecule has 0 aliphatic carbocycles. The van der Waals surface area contributed by atoms with Crippen molar-refractivity contribution >= 4 is 29.0 Å². The average Bonchev–Trinajstić information content (AvgIpc) is 2.84. The van der Waals surface area contributed by atoms with Gasteiger partial charge in [-0.1, -0.05) is 6.07 Å². The monoisotopic (exact) mass is 322 g/mol. The van der Waals surface area contributed by atoms with Crippen LogP contribution in [-0.2, 0) is 0 Å². The number of aryl methyl sites for hydroxylation is 2. The molecule has 0 aliphatic heterocycles. The topological polar surface area (TPSA) is 70.2 Å². The highest BCUT2D eigenvalue weighted by atomic mass is 32.2. The minimum atomic E-state index is -0.207. The number of fused-ring (bicyclic) bond motifs is 1. The molecule has 114 valence electrons. The van der Waals surface area contributed by atoms with E-state index in [1.807, 2.05) is 37.6 Å². The molecule has 0 fully saturated rings. The molecule has 5 nitrogen and oxygen atoms in total. The van der Waals surface area contributed by atoms with E-state index < -0.39 is 0 Å². The molecule has 0 bridgehead atoms. The normalized spacial score (nSPS) is 10.5. The Bertz CT molecular complexity index is 922. The number of rotatable bonds is 3. The van der Waals surface area contributed by atoms with Gasteiger partial charge in [0.2, 0.25) is 0 Å². The fraction of sp³-hybridized carbons (Fsp3) is 0.118. The minimum absolute atomic E-state index is 0.207. The molecule has 0 saturated heterocycles. The Morgan fingerprint density at radius 2 is 1.96 bits per heavy atom. The number of thiocyanates is 1. The summed E-state index contributed by atoms with van der Waals surface area (Å²) in [7, 11) is 0. The van der Waals surface area contributed by atoms with Gasteiger partial charge in [-0.25, -0.2) is 4.98 Å². The molecule has 1 amide bonds. The highest BCUT2D eigenvalue weighted by molar-refractivity contribution is 8.03. The van der Waals surface area contributed by atoms with E-state index in [9.17, 15) is 4.79 Å². The van der Waals surface area contributed by atoms with E-state index in [0.717, 1.165) is 27.9 Å². The summed E-state index contributed by atoms with van der Waals surface area (Å²) in [6, 6.07) is 11.0. The molecule has 2 aromatic heterocycles. The fourth-order valence-corrected chi connectivity index (χ4v) is 2.77. The third-order valence-corrected chi connectivity index (χ3v) is 4.03. The number of benzene rings is 1. The number of thioether (sulfide) groups is 1. The van der Waals surface area contributed by atoms with Crippen LogP contribution in [-0.4, -0.2) is 15.3 Å². The number of nitrogens with zero attached hydrogens (tertiary/aromatic N) is 3. The standard InChI is InChI=1S/C17H14N4OS/c1-11-3-8-15-19-12(2)16(21(15)9-11)17(22)20-13-4-6-14(7-5-13)23-10-18/h3-9H,1-2H3,(H,20,22). The number of nitrogens with one attached hydrogen (secondary N) is 1. The lowest BCUT2D eigenvalue weighted by atomic mass is 10.2. The maximum absolute atomic E-state index is 12.6. The third kappa shape index (κ3) is 3.05. The molecule has 1 N–H and O–H groups in total. The smallest absolute Gasteiger partial charge is 0.274 e. The van der Waals surface area contributed by atoms with E-state index in [2.05, 4.69) is 10.3 Å². The molecule has 0 radical (unpaired) electrons. The highest BCUT2D eigenvalue weighted by Crippen LogP contribution is 2.20. The van der Waals surface area contributed by atoms with E-state index >= 15 is 0 Å². The first-order chi connectivity index (χ1) is 11.1. The van der Waals surface area contributed by atoms with Crippen molar-refractivity contribution in [1.82, 2.24) is 9.38 Å². The Morgan fingerprint density at radius 3 is 2.65 bits per heavy atom. The number of hydrogen-bond acceptors (Lipinski definition) is 4. The molecule has 23 heavy (non-hydrogen) atoms. The van der Waals surface area contributed by atoms with Crippen molar-refractivity contribution in [1.29, 1.82) is 5.26 Å². The predicted molar refractivity (Wildman–Crippen MR) is 90.5 cm³/mol. The maximum Gasteiger partial charge on any atom is 0.274 e. The molecular formula is C17H14N4OS. The van der Waals surface area contributed by atoms with E-state index in [1.165, 1.54) is 0 Å². The average molecular weight is 322 g/mol. The van der Waals surface area contributed by atoms with Gasteiger partial charge in [-0.2, -0.15) is 5.26 Å². The summed E-state index contributed by atoms with van der Waals surface area (Å²) < 4.78 is 1.81. The Hall–Kier alpha value is -2.78. The zero-order chi connectivity index (χ0) is 16.4. The van der Waals surface area contributed by atoms with Crippen molar-refractivity contribution in [2.75, 3.05) is 5.32 Å². The number of amides is 1. The number of aromatic nitrogens is 2. The van der Waals surface area contributed by atoms with Gasteiger partial charge in [0.15, 0.2) is 0 Å². The molecule has 0 unspecified atom stereocenters. The van der Waals surface area contributed by atoms with Crippen LogP contribution in [0.4, 0.5) is 5.69 Å². The number of nitriles is 1. The lowest BCUT2D eigenvalue weighted by Gasteiger charge is -2.07. The second-order valence-corrected chi connectivity index (χ2v) is 6.01. The van der Waals surface area contributed by atoms with Crippen molar-refractivity contribution < 1.29 is 4.79 Å². The molecule has 6 heteroatoms. The second kappa shape index (κ2) is 6.15. The van der Waals surface area contributed by atoms with Gasteiger partial charge < -0.3 is 5.32 Å². The van der Waals surface area contributed by atoms with Crippen LogP contribution >= 0.6 is 11.8 Å². The van der Waals surface area contributed by atoms with Crippen LogP contribution in [0.25, 0.3) is 5.65 Å². The summed E-state index contributed by atoms with van der Waals surface area (Å²) in [5, 5.41) is 13.5. The summed E-state index contributed by atoms with van der Waals surface area (Å²) >= 11 is 1.09. The van der Waals surface area contributed by atoms with Crippen LogP contribution in [0.5, 0.6) is 0 Å². The quantitative estimate of drug-likeness (QED) is 0.588. The SMILES string of the molecule is Cc1ccc2nc(C)c(C(=O)Nc3ccc(SC#N)cc3)n2c1. The Labute approximate surface area is 138 Å². The van der Waals surface area contributed by atoms with Crippen molar-refractivity contribution in [3.05, 3.63) is 59.5 Å². The summed E-state index contributed by atoms with van der Waals surface area (Å²) in [6.45, 7) is 3.80. The first-order valence-electron chi connectivity index (χ1n) is 7.01. The first kappa shape index (κ1) is 15.1. The molecule has 2 heterocycles. The zero-order valence-electron chi connectivity index (χ0n) is 12.7. The van der Waals surface area contributed by atoms with E-state index in [-0.39, 0.29) is 5.91 Å². The van der Waals surface area contributed by atoms with E-state index in [4.69, 9.17) is 5.26 Å². The fourth-order valence-electron chi connectivity index (χ4n) is 2.39. The highest BCUT2D eigenvalue weighted by Gasteiger charge is 2.16. The third-order valence-electron chi connectivity index (χ3n) is 3.43. The van der Waals surface area contributed by atoms with E-state index in [0.29, 0.717) is 17.1 Å². The van der Waals surface area contributed by atoms with Gasteiger partial charge >= 0.3 is 0 Å². The summed E-state index contributed by atoms with van der Waals surface area (Å²) in [5.41, 5.74) is 3.70. The van der Waals surface area contributed by atoms with Crippen LogP contribution < -0.4 is 5.32 Å². The van der Waals surface area contributed by atoms with Crippen molar-refractivity contribution in [3.63, 3.8) is 0 Å². The maximum atomic E-state index is 12.6. The number of carbonyl (C=O) groups excluding carboxylic acids is 1. The van der Waals surface area contributed by atoms with Gasteiger partial charge in [0.1, 0.15) is 16.7 Å². The molecule has 3 aromatic rings. The molecular weight excluding hydrogens is 308 g/mol. The number of anilines is 1. The van der Waals surface area contributed by atoms with Gasteiger partial charge in [0, 0.05) is 16.8 Å². The Morgan fingerprint density at radius 1 is 1.22 bits per heavy atom. The number of pyridine rings is 1. The van der Waals surface area contributed by atoms with Crippen LogP contribution in [0.15, 0.2) is 47.5 Å². The summed E-state index contributed by atoms with van der Waals surface area (Å²) in [6.07, 6.45) is 1.90. The van der Waals surface area contributed by atoms with Gasteiger partial charge in [0.25, 0.3) is 5.91 Å². The van der Waals surface area contributed by atoms with Crippen LogP contribution in [0.2, 0.25) is 0 Å². The van der Waals surface area contributed by atoms with Crippen LogP contribution in [0.3, 0.4) is 0 Å². The molecule has 0 atom stereocenters. The Kier molecular flexibility index (Phi) is 4.04. The molecule has 0 spiro atoms. The molecule has 1 aromatic carbocycles. The number of hydrogen-bond donors (Lipinski definition) is 1. The second-order valence-electron chi connectivity index (χ2n) is 5.15. The number of imidazole rings is 1. The zero-order valence-corrected chi connectivity index (χ0v) is 13.5. The van der Waals surface area contributed by atoms with Gasteiger partial charge in [0.05, 0.1) is 5.69 Å². The summed E-state index contributed by atoms with van der Waals surface area (Å²) in [5.74, 6) is -0.207. The van der Waals surface area contributed by atoms with Crippen LogP contribution in [0, 0.1) is 24.5 Å². The lowest BCUT2D eigenvalue weighted by molar-refractivity contribution is 0.102. The first-order valence-corrected chi connectivity index (χ1v) is 7.83. The van der Waals surface area contributed by atoms with Gasteiger partial charge in [-0.05, 0) is 61.5 Å².